The van der Waals surface area contributed by atoms with Crippen molar-refractivity contribution in [2.24, 2.45) is 0 Å². The predicted octanol–water partition coefficient (Wildman–Crippen LogP) is 1.97. The zero-order valence-corrected chi connectivity index (χ0v) is 20.7. The molecule has 0 atom stereocenters. The van der Waals surface area contributed by atoms with Gasteiger partial charge in [-0.05, 0) is 41.5 Å². The summed E-state index contributed by atoms with van der Waals surface area (Å²) in [6.45, 7) is 0.928. The fraction of sp³-hybridized carbons (Fsp3) is 0.222. The number of hydrogen-bond acceptors (Lipinski definition) is 4. The quantitative estimate of drug-likeness (QED) is 0.370. The van der Waals surface area contributed by atoms with Crippen LogP contribution >= 0.6 is 0 Å². The average Bonchev–Trinajstić information content (AvgIpc) is 3.30. The molecule has 6 rings (SSSR count). The lowest BCUT2D eigenvalue weighted by Crippen LogP contribution is -3.00. The molecule has 0 unspecified atom stereocenters. The number of methoxy groups -OCH3 is 2. The van der Waals surface area contributed by atoms with Gasteiger partial charge in [-0.3, -0.25) is 0 Å². The highest BCUT2D eigenvalue weighted by atomic mass is 79.9. The van der Waals surface area contributed by atoms with Crippen molar-refractivity contribution in [1.82, 2.24) is 0 Å². The van der Waals surface area contributed by atoms with Gasteiger partial charge >= 0.3 is 0 Å². The van der Waals surface area contributed by atoms with E-state index in [-0.39, 0.29) is 30.2 Å². The van der Waals surface area contributed by atoms with Gasteiger partial charge in [0, 0.05) is 29.9 Å². The maximum Gasteiger partial charge on any atom is 0.231 e. The largest absolute Gasteiger partial charge is 1.00 e. The molecule has 0 N–H and O–H groups in total. The number of aryl methyl sites for hydroxylation is 2. The number of ether oxygens (including phenoxy) is 4. The van der Waals surface area contributed by atoms with Crippen LogP contribution in [0.5, 0.6) is 23.0 Å². The second-order valence-corrected chi connectivity index (χ2v) is 8.44. The molecule has 4 aromatic rings. The third kappa shape index (κ3) is 3.76. The molecule has 3 heterocycles. The summed E-state index contributed by atoms with van der Waals surface area (Å²) in [6, 6.07) is 11.6. The van der Waals surface area contributed by atoms with Crippen LogP contribution in [0, 0.1) is 11.6 Å². The number of halogens is 3. The zero-order chi connectivity index (χ0) is 23.4. The second-order valence-electron chi connectivity index (χ2n) is 8.44. The van der Waals surface area contributed by atoms with Gasteiger partial charge in [-0.25, -0.2) is 8.78 Å². The molecule has 0 saturated carbocycles. The van der Waals surface area contributed by atoms with Gasteiger partial charge < -0.3 is 35.9 Å². The molecule has 8 heteroatoms. The van der Waals surface area contributed by atoms with Crippen molar-refractivity contribution >= 4 is 10.8 Å². The SMILES string of the molecule is COc1ccc2c(Cc3ccc(F)cc3F)c3[n+](cc2c1OC)CCc1cc2c(cc1-3)OCO2.[Br-]. The number of fused-ring (bicyclic) bond motifs is 5. The van der Waals surface area contributed by atoms with Crippen LogP contribution in [0.2, 0.25) is 0 Å². The number of pyridine rings is 1. The van der Waals surface area contributed by atoms with Gasteiger partial charge in [0.1, 0.15) is 11.6 Å². The highest BCUT2D eigenvalue weighted by molar-refractivity contribution is 5.95. The topological polar surface area (TPSA) is 40.8 Å². The molecule has 2 aliphatic rings. The van der Waals surface area contributed by atoms with Gasteiger partial charge in [0.15, 0.2) is 35.7 Å². The van der Waals surface area contributed by atoms with Crippen LogP contribution < -0.4 is 40.5 Å². The first-order valence-corrected chi connectivity index (χ1v) is 11.0. The number of hydrogen-bond donors (Lipinski definition) is 0. The van der Waals surface area contributed by atoms with Crippen LogP contribution in [0.4, 0.5) is 8.78 Å². The lowest BCUT2D eigenvalue weighted by atomic mass is 9.88. The summed E-state index contributed by atoms with van der Waals surface area (Å²) in [5.74, 6) is 1.50. The first-order valence-electron chi connectivity index (χ1n) is 11.0. The van der Waals surface area contributed by atoms with E-state index in [0.29, 0.717) is 22.8 Å². The van der Waals surface area contributed by atoms with Crippen LogP contribution in [0.1, 0.15) is 16.7 Å². The van der Waals surface area contributed by atoms with Crippen molar-refractivity contribution in [1.29, 1.82) is 0 Å². The van der Waals surface area contributed by atoms with Crippen LogP contribution in [-0.2, 0) is 19.4 Å². The molecule has 5 nitrogen and oxygen atoms in total. The lowest BCUT2D eigenvalue weighted by Gasteiger charge is -2.21. The van der Waals surface area contributed by atoms with Gasteiger partial charge in [-0.1, -0.05) is 6.07 Å². The van der Waals surface area contributed by atoms with E-state index >= 15 is 0 Å². The molecule has 1 aromatic heterocycles. The third-order valence-corrected chi connectivity index (χ3v) is 6.63. The van der Waals surface area contributed by atoms with E-state index in [1.807, 2.05) is 24.3 Å². The summed E-state index contributed by atoms with van der Waals surface area (Å²) in [6.07, 6.45) is 3.15. The Morgan fingerprint density at radius 2 is 1.74 bits per heavy atom. The average molecular weight is 542 g/mol. The molecular formula is C27H22BrF2NO4. The Bertz CT molecular complexity index is 1470. The highest BCUT2D eigenvalue weighted by Crippen LogP contribution is 2.44. The molecule has 0 saturated heterocycles. The normalized spacial score (nSPS) is 13.1. The van der Waals surface area contributed by atoms with Crippen molar-refractivity contribution < 1.29 is 49.3 Å². The molecular weight excluding hydrogens is 520 g/mol. The minimum atomic E-state index is -0.597. The smallest absolute Gasteiger partial charge is 0.231 e. The maximum absolute atomic E-state index is 14.8. The monoisotopic (exact) mass is 541 g/mol. The van der Waals surface area contributed by atoms with Gasteiger partial charge in [-0.15, -0.1) is 0 Å². The van der Waals surface area contributed by atoms with Gasteiger partial charge in [0.25, 0.3) is 0 Å². The Morgan fingerprint density at radius 3 is 2.49 bits per heavy atom. The maximum atomic E-state index is 14.8. The Morgan fingerprint density at radius 1 is 0.943 bits per heavy atom. The van der Waals surface area contributed by atoms with Crippen LogP contribution in [0.25, 0.3) is 22.0 Å². The van der Waals surface area contributed by atoms with E-state index in [0.717, 1.165) is 57.9 Å². The zero-order valence-electron chi connectivity index (χ0n) is 19.2. The fourth-order valence-corrected chi connectivity index (χ4v) is 5.04. The van der Waals surface area contributed by atoms with Gasteiger partial charge in [0.2, 0.25) is 12.5 Å². The number of rotatable bonds is 4. The highest BCUT2D eigenvalue weighted by Gasteiger charge is 2.32. The summed E-state index contributed by atoms with van der Waals surface area (Å²) < 4.78 is 53.0. The van der Waals surface area contributed by atoms with Crippen molar-refractivity contribution in [3.8, 4) is 34.3 Å². The first kappa shape index (κ1) is 23.4. The van der Waals surface area contributed by atoms with Crippen molar-refractivity contribution in [3.05, 3.63) is 77.0 Å². The number of benzene rings is 3. The van der Waals surface area contributed by atoms with Crippen LogP contribution in [0.3, 0.4) is 0 Å². The predicted molar refractivity (Wildman–Crippen MR) is 122 cm³/mol. The molecule has 3 aromatic carbocycles. The lowest BCUT2D eigenvalue weighted by molar-refractivity contribution is -0.686. The Kier molecular flexibility index (Phi) is 6.01. The van der Waals surface area contributed by atoms with E-state index in [1.165, 1.54) is 12.1 Å². The second kappa shape index (κ2) is 9.00. The first-order chi connectivity index (χ1) is 16.6. The van der Waals surface area contributed by atoms with Gasteiger partial charge in [0.05, 0.1) is 25.2 Å². The fourth-order valence-electron chi connectivity index (χ4n) is 5.04. The Balaban J connectivity index is 0.00000253. The Hall–Kier alpha value is -3.39. The molecule has 0 spiro atoms. The molecule has 180 valence electrons. The van der Waals surface area contributed by atoms with Crippen LogP contribution in [-0.4, -0.2) is 21.0 Å². The standard InChI is InChI=1S/C27H22F2NO4.BrH/c1-31-23-6-5-18-20(9-16-3-4-17(28)11-22(16)29)26-19-12-25-24(33-14-34-25)10-15(19)7-8-30(26)13-21(18)27(23)32-2;/h3-6,10-13H,7-9,14H2,1-2H3;1H/q+1;/p-1. The summed E-state index contributed by atoms with van der Waals surface area (Å²) in [5.41, 5.74) is 4.47. The minimum Gasteiger partial charge on any atom is -1.00 e. The molecule has 0 fully saturated rings. The Labute approximate surface area is 211 Å². The molecule has 2 aliphatic heterocycles. The van der Waals surface area contributed by atoms with Gasteiger partial charge in [-0.2, -0.15) is 4.57 Å². The third-order valence-electron chi connectivity index (χ3n) is 6.63. The van der Waals surface area contributed by atoms with Crippen molar-refractivity contribution in [3.63, 3.8) is 0 Å². The van der Waals surface area contributed by atoms with E-state index in [1.54, 1.807) is 14.2 Å². The summed E-state index contributed by atoms with van der Waals surface area (Å²) in [4.78, 5) is 0. The van der Waals surface area contributed by atoms with Crippen LogP contribution in [0.15, 0.2) is 48.7 Å². The molecule has 0 radical (unpaired) electrons. The summed E-state index contributed by atoms with van der Waals surface area (Å²) >= 11 is 0. The van der Waals surface area contributed by atoms with E-state index in [2.05, 4.69) is 10.8 Å². The van der Waals surface area contributed by atoms with E-state index < -0.39 is 11.6 Å². The van der Waals surface area contributed by atoms with E-state index in [4.69, 9.17) is 18.9 Å². The van der Waals surface area contributed by atoms with Crippen molar-refractivity contribution in [2.45, 2.75) is 19.4 Å². The minimum absolute atomic E-state index is 0. The molecule has 0 aliphatic carbocycles. The molecule has 35 heavy (non-hydrogen) atoms. The van der Waals surface area contributed by atoms with E-state index in [9.17, 15) is 8.78 Å². The molecule has 0 amide bonds. The number of nitrogens with zero attached hydrogens (tertiary/aromatic N) is 1. The number of aromatic nitrogens is 1. The summed E-state index contributed by atoms with van der Waals surface area (Å²) in [7, 11) is 3.21. The molecule has 0 bridgehead atoms. The van der Waals surface area contributed by atoms with Crippen molar-refractivity contribution in [2.75, 3.05) is 21.0 Å². The summed E-state index contributed by atoms with van der Waals surface area (Å²) in [5, 5.41) is 1.78.